The minimum absolute atomic E-state index is 0.0593. The van der Waals surface area contributed by atoms with Crippen molar-refractivity contribution >= 4 is 15.9 Å². The van der Waals surface area contributed by atoms with Crippen molar-refractivity contribution in [3.05, 3.63) is 63.6 Å². The number of fused-ring (bicyclic) bond motifs is 1. The molecule has 0 amide bonds. The Morgan fingerprint density at radius 1 is 1.27 bits per heavy atom. The van der Waals surface area contributed by atoms with Gasteiger partial charge in [0.05, 0.1) is 11.6 Å². The van der Waals surface area contributed by atoms with E-state index in [-0.39, 0.29) is 6.10 Å². The van der Waals surface area contributed by atoms with Gasteiger partial charge in [0, 0.05) is 11.0 Å². The fraction of sp³-hybridized carbons (Fsp3) is 0.381. The summed E-state index contributed by atoms with van der Waals surface area (Å²) in [5, 5.41) is 9.48. The molecule has 0 unspecified atom stereocenters. The molecule has 134 valence electrons. The Bertz CT molecular complexity index is 847. The largest absolute Gasteiger partial charge is 0.483 e. The van der Waals surface area contributed by atoms with Crippen LogP contribution >= 0.6 is 15.9 Å². The first-order chi connectivity index (χ1) is 12.7. The van der Waals surface area contributed by atoms with Crippen LogP contribution in [0.15, 0.2) is 46.9 Å². The Labute approximate surface area is 162 Å². The molecule has 1 heterocycles. The minimum Gasteiger partial charge on any atom is -0.483 e. The smallest absolute Gasteiger partial charge is 0.140 e. The maximum absolute atomic E-state index is 9.48. The summed E-state index contributed by atoms with van der Waals surface area (Å²) in [5.74, 6) is 1.22. The second kappa shape index (κ2) is 7.40. The highest BCUT2D eigenvalue weighted by molar-refractivity contribution is 9.10. The molecular formula is C21H22BrN3O. The summed E-state index contributed by atoms with van der Waals surface area (Å²) in [4.78, 5) is 2.52. The van der Waals surface area contributed by atoms with Gasteiger partial charge in [-0.1, -0.05) is 40.2 Å². The van der Waals surface area contributed by atoms with Gasteiger partial charge in [-0.3, -0.25) is 4.90 Å². The Kier molecular flexibility index (Phi) is 4.99. The molecule has 4 nitrogen and oxygen atoms in total. The number of benzene rings is 2. The number of ether oxygens (including phenoxy) is 1. The number of hydrogen-bond donors (Lipinski definition) is 1. The van der Waals surface area contributed by atoms with Gasteiger partial charge < -0.3 is 10.5 Å². The van der Waals surface area contributed by atoms with Crippen LogP contribution in [0.5, 0.6) is 5.75 Å². The molecule has 5 heteroatoms. The van der Waals surface area contributed by atoms with E-state index in [2.05, 4.69) is 51.2 Å². The fourth-order valence-electron chi connectivity index (χ4n) is 4.19. The average molecular weight is 412 g/mol. The third-order valence-electron chi connectivity index (χ3n) is 5.58. The number of nitrogens with zero attached hydrogens (tertiary/aromatic N) is 2. The molecular weight excluding hydrogens is 390 g/mol. The average Bonchev–Trinajstić information content (AvgIpc) is 3.28. The molecule has 0 bridgehead atoms. The number of halogens is 1. The van der Waals surface area contributed by atoms with Crippen LogP contribution in [0.25, 0.3) is 0 Å². The van der Waals surface area contributed by atoms with Crippen molar-refractivity contribution in [3.63, 3.8) is 0 Å². The normalized spacial score (nSPS) is 25.0. The summed E-state index contributed by atoms with van der Waals surface area (Å²) in [7, 11) is 0. The van der Waals surface area contributed by atoms with Crippen LogP contribution in [0.2, 0.25) is 0 Å². The monoisotopic (exact) mass is 411 g/mol. The summed E-state index contributed by atoms with van der Waals surface area (Å²) in [6.07, 6.45) is 2.07. The van der Waals surface area contributed by atoms with Crippen molar-refractivity contribution in [2.45, 2.75) is 25.0 Å². The zero-order valence-corrected chi connectivity index (χ0v) is 16.2. The van der Waals surface area contributed by atoms with Gasteiger partial charge >= 0.3 is 0 Å². The molecule has 2 aromatic carbocycles. The van der Waals surface area contributed by atoms with Crippen LogP contribution in [0.4, 0.5) is 0 Å². The first-order valence-electron chi connectivity index (χ1n) is 9.08. The number of hydrogen-bond acceptors (Lipinski definition) is 4. The summed E-state index contributed by atoms with van der Waals surface area (Å²) < 4.78 is 7.34. The lowest BCUT2D eigenvalue weighted by atomic mass is 10.1. The van der Waals surface area contributed by atoms with Gasteiger partial charge in [0.15, 0.2) is 0 Å². The minimum atomic E-state index is -0.0593. The number of nitriles is 1. The van der Waals surface area contributed by atoms with Crippen molar-refractivity contribution in [1.82, 2.24) is 4.90 Å². The first kappa shape index (κ1) is 17.5. The SMILES string of the molecule is N#Cc1cc(Br)ccc1O[C@@H]1c2ccccc2C[C@H]1N1CC[C@@H](CN)C1. The molecule has 1 aliphatic heterocycles. The molecule has 1 aliphatic carbocycles. The van der Waals surface area contributed by atoms with Gasteiger partial charge in [0.1, 0.15) is 17.9 Å². The van der Waals surface area contributed by atoms with E-state index in [0.717, 1.165) is 36.9 Å². The van der Waals surface area contributed by atoms with Gasteiger partial charge in [-0.2, -0.15) is 5.26 Å². The molecule has 0 radical (unpaired) electrons. The van der Waals surface area contributed by atoms with Crippen molar-refractivity contribution in [1.29, 1.82) is 5.26 Å². The van der Waals surface area contributed by atoms with Crippen LogP contribution in [-0.2, 0) is 6.42 Å². The number of rotatable bonds is 4. The van der Waals surface area contributed by atoms with E-state index in [1.54, 1.807) is 0 Å². The van der Waals surface area contributed by atoms with E-state index in [4.69, 9.17) is 10.5 Å². The molecule has 3 atom stereocenters. The van der Waals surface area contributed by atoms with E-state index in [1.165, 1.54) is 11.1 Å². The standard InChI is InChI=1S/C21H22BrN3O/c22-17-5-6-20(16(9-17)12-24)26-21-18-4-2-1-3-15(18)10-19(21)25-8-7-14(11-23)13-25/h1-6,9,14,19,21H,7-8,10-11,13,23H2/t14-,19+,21+/m0/s1. The molecule has 1 saturated heterocycles. The summed E-state index contributed by atoms with van der Waals surface area (Å²) in [6.45, 7) is 2.83. The van der Waals surface area contributed by atoms with E-state index in [1.807, 2.05) is 18.2 Å². The molecule has 1 fully saturated rings. The maximum Gasteiger partial charge on any atom is 0.140 e. The third-order valence-corrected chi connectivity index (χ3v) is 6.07. The van der Waals surface area contributed by atoms with Crippen LogP contribution < -0.4 is 10.5 Å². The number of likely N-dealkylation sites (tertiary alicyclic amines) is 1. The Morgan fingerprint density at radius 2 is 2.12 bits per heavy atom. The molecule has 0 spiro atoms. The Balaban J connectivity index is 1.65. The molecule has 0 saturated carbocycles. The fourth-order valence-corrected chi connectivity index (χ4v) is 4.55. The maximum atomic E-state index is 9.48. The zero-order valence-electron chi connectivity index (χ0n) is 14.6. The third kappa shape index (κ3) is 3.25. The van der Waals surface area contributed by atoms with Crippen molar-refractivity contribution in [2.24, 2.45) is 11.7 Å². The van der Waals surface area contributed by atoms with Crippen LogP contribution in [0.3, 0.4) is 0 Å². The lowest BCUT2D eigenvalue weighted by Crippen LogP contribution is -2.39. The van der Waals surface area contributed by atoms with Gasteiger partial charge in [-0.15, -0.1) is 0 Å². The number of nitrogens with two attached hydrogens (primary N) is 1. The van der Waals surface area contributed by atoms with Crippen LogP contribution in [0.1, 0.15) is 29.2 Å². The van der Waals surface area contributed by atoms with Gasteiger partial charge in [-0.25, -0.2) is 0 Å². The van der Waals surface area contributed by atoms with Crippen LogP contribution in [-0.4, -0.2) is 30.6 Å². The highest BCUT2D eigenvalue weighted by atomic mass is 79.9. The van der Waals surface area contributed by atoms with Gasteiger partial charge in [0.25, 0.3) is 0 Å². The van der Waals surface area contributed by atoms with Gasteiger partial charge in [0.2, 0.25) is 0 Å². The Hall–Kier alpha value is -1.87. The zero-order chi connectivity index (χ0) is 18.1. The van der Waals surface area contributed by atoms with E-state index < -0.39 is 0 Å². The summed E-state index contributed by atoms with van der Waals surface area (Å²) in [5.41, 5.74) is 9.03. The predicted octanol–water partition coefficient (Wildman–Crippen LogP) is 3.65. The van der Waals surface area contributed by atoms with Crippen LogP contribution in [0, 0.1) is 17.2 Å². The highest BCUT2D eigenvalue weighted by Crippen LogP contribution is 2.40. The molecule has 26 heavy (non-hydrogen) atoms. The van der Waals surface area contributed by atoms with E-state index in [0.29, 0.717) is 23.3 Å². The Morgan fingerprint density at radius 3 is 2.88 bits per heavy atom. The molecule has 0 aromatic heterocycles. The molecule has 2 N–H and O–H groups in total. The molecule has 2 aliphatic rings. The summed E-state index contributed by atoms with van der Waals surface area (Å²) >= 11 is 3.43. The lowest BCUT2D eigenvalue weighted by molar-refractivity contribution is 0.0915. The highest BCUT2D eigenvalue weighted by Gasteiger charge is 2.40. The lowest BCUT2D eigenvalue weighted by Gasteiger charge is -2.30. The quantitative estimate of drug-likeness (QED) is 0.833. The predicted molar refractivity (Wildman–Crippen MR) is 105 cm³/mol. The van der Waals surface area contributed by atoms with E-state index in [9.17, 15) is 5.26 Å². The van der Waals surface area contributed by atoms with Crippen molar-refractivity contribution < 1.29 is 4.74 Å². The van der Waals surface area contributed by atoms with Crippen molar-refractivity contribution in [3.8, 4) is 11.8 Å². The van der Waals surface area contributed by atoms with Gasteiger partial charge in [-0.05, 0) is 61.2 Å². The molecule has 2 aromatic rings. The van der Waals surface area contributed by atoms with E-state index >= 15 is 0 Å². The second-order valence-electron chi connectivity index (χ2n) is 7.15. The first-order valence-corrected chi connectivity index (χ1v) is 9.87. The van der Waals surface area contributed by atoms with Crippen molar-refractivity contribution in [2.75, 3.05) is 19.6 Å². The topological polar surface area (TPSA) is 62.3 Å². The second-order valence-corrected chi connectivity index (χ2v) is 8.06. The summed E-state index contributed by atoms with van der Waals surface area (Å²) in [6, 6.07) is 16.7. The molecule has 4 rings (SSSR count).